The Balaban J connectivity index is 1.68. The molecule has 2 unspecified atom stereocenters. The molecule has 0 bridgehead atoms. The molecule has 5 nitrogen and oxygen atoms in total. The van der Waals surface area contributed by atoms with Crippen molar-refractivity contribution >= 4 is 0 Å². The average Bonchev–Trinajstić information content (AvgIpc) is 2.62. The number of hydrogen-bond donors (Lipinski definition) is 0. The van der Waals surface area contributed by atoms with Crippen molar-refractivity contribution in [3.8, 4) is 0 Å². The second kappa shape index (κ2) is 3.01. The zero-order valence-electron chi connectivity index (χ0n) is 9.46. The topological polar surface area (TPSA) is 46.8 Å². The van der Waals surface area contributed by atoms with E-state index in [1.54, 1.807) is 4.80 Å². The molecule has 0 spiro atoms. The van der Waals surface area contributed by atoms with Crippen LogP contribution in [-0.2, 0) is 7.05 Å². The second-order valence-corrected chi connectivity index (χ2v) is 5.04. The van der Waals surface area contributed by atoms with Crippen molar-refractivity contribution in [3.63, 3.8) is 0 Å². The molecule has 1 aromatic heterocycles. The Labute approximate surface area is 89.4 Å². The van der Waals surface area contributed by atoms with Crippen LogP contribution in [0.2, 0.25) is 0 Å². The number of fused-ring (bicyclic) bond motifs is 1. The van der Waals surface area contributed by atoms with E-state index in [4.69, 9.17) is 0 Å². The van der Waals surface area contributed by atoms with Gasteiger partial charge in [0.15, 0.2) is 5.82 Å². The van der Waals surface area contributed by atoms with Gasteiger partial charge in [0.25, 0.3) is 0 Å². The lowest BCUT2D eigenvalue weighted by Gasteiger charge is -2.22. The van der Waals surface area contributed by atoms with E-state index in [9.17, 15) is 0 Å². The van der Waals surface area contributed by atoms with Crippen LogP contribution >= 0.6 is 0 Å². The van der Waals surface area contributed by atoms with Gasteiger partial charge < -0.3 is 4.90 Å². The molecule has 82 valence electrons. The maximum absolute atomic E-state index is 4.30. The number of likely N-dealkylation sites (tertiary alicyclic amines) is 1. The number of nitrogens with zero attached hydrogens (tertiary/aromatic N) is 5. The van der Waals surface area contributed by atoms with E-state index in [1.165, 1.54) is 13.1 Å². The fraction of sp³-hybridized carbons (Fsp3) is 0.900. The first kappa shape index (κ1) is 9.27. The molecule has 2 aliphatic rings. The minimum atomic E-state index is 0.591. The third kappa shape index (κ3) is 1.37. The minimum Gasteiger partial charge on any atom is -0.300 e. The molecule has 0 amide bonds. The predicted octanol–water partition coefficient (Wildman–Crippen LogP) is 0.264. The molecular formula is C10H17N5. The summed E-state index contributed by atoms with van der Waals surface area (Å²) in [4.78, 5) is 4.10. The van der Waals surface area contributed by atoms with Crippen LogP contribution in [0.25, 0.3) is 0 Å². The molecule has 2 heterocycles. The fourth-order valence-electron chi connectivity index (χ4n) is 2.80. The molecule has 1 aliphatic carbocycles. The number of tetrazole rings is 1. The highest BCUT2D eigenvalue weighted by Crippen LogP contribution is 2.57. The molecular weight excluding hydrogens is 190 g/mol. The molecule has 0 aromatic carbocycles. The largest absolute Gasteiger partial charge is 0.300 e. The fourth-order valence-corrected chi connectivity index (χ4v) is 2.80. The quantitative estimate of drug-likeness (QED) is 0.698. The first-order valence-electron chi connectivity index (χ1n) is 5.64. The molecule has 0 N–H and O–H groups in total. The van der Waals surface area contributed by atoms with Gasteiger partial charge in [-0.1, -0.05) is 0 Å². The Bertz CT molecular complexity index is 360. The highest BCUT2D eigenvalue weighted by molar-refractivity contribution is 5.18. The Morgan fingerprint density at radius 2 is 1.93 bits per heavy atom. The van der Waals surface area contributed by atoms with Crippen molar-refractivity contribution in [1.82, 2.24) is 25.1 Å². The lowest BCUT2D eigenvalue weighted by molar-refractivity contribution is 0.242. The van der Waals surface area contributed by atoms with E-state index in [0.717, 1.165) is 17.7 Å². The summed E-state index contributed by atoms with van der Waals surface area (Å²) in [5.74, 6) is 3.12. The van der Waals surface area contributed by atoms with Crippen LogP contribution in [0.4, 0.5) is 0 Å². The van der Waals surface area contributed by atoms with Gasteiger partial charge in [-0.3, -0.25) is 0 Å². The normalized spacial score (nSPS) is 34.8. The van der Waals surface area contributed by atoms with Crippen molar-refractivity contribution < 1.29 is 0 Å². The van der Waals surface area contributed by atoms with Gasteiger partial charge in [-0.2, -0.15) is 4.80 Å². The lowest BCUT2D eigenvalue weighted by atomic mass is 10.2. The number of hydrogen-bond acceptors (Lipinski definition) is 4. The summed E-state index contributed by atoms with van der Waals surface area (Å²) >= 11 is 0. The van der Waals surface area contributed by atoms with Gasteiger partial charge in [0.2, 0.25) is 0 Å². The van der Waals surface area contributed by atoms with Crippen molar-refractivity contribution in [2.45, 2.75) is 25.8 Å². The molecule has 1 aliphatic heterocycles. The maximum atomic E-state index is 4.30. The van der Waals surface area contributed by atoms with Gasteiger partial charge >= 0.3 is 0 Å². The number of aromatic nitrogens is 4. The highest BCUT2D eigenvalue weighted by atomic mass is 15.6. The highest BCUT2D eigenvalue weighted by Gasteiger charge is 2.58. The summed E-state index contributed by atoms with van der Waals surface area (Å²) < 4.78 is 0. The van der Waals surface area contributed by atoms with Crippen LogP contribution in [-0.4, -0.2) is 44.2 Å². The molecule has 0 radical (unpaired) electrons. The molecule has 1 aromatic rings. The summed E-state index contributed by atoms with van der Waals surface area (Å²) in [5.41, 5.74) is 0. The first-order valence-corrected chi connectivity index (χ1v) is 5.64. The molecule has 1 saturated carbocycles. The lowest BCUT2D eigenvalue weighted by Crippen LogP contribution is -2.31. The molecule has 2 atom stereocenters. The van der Waals surface area contributed by atoms with Crippen LogP contribution in [0.5, 0.6) is 0 Å². The van der Waals surface area contributed by atoms with Gasteiger partial charge in [-0.05, 0) is 30.9 Å². The minimum absolute atomic E-state index is 0.591. The first-order chi connectivity index (χ1) is 7.16. The van der Waals surface area contributed by atoms with Gasteiger partial charge in [0, 0.05) is 25.0 Å². The van der Waals surface area contributed by atoms with E-state index >= 15 is 0 Å². The third-order valence-electron chi connectivity index (χ3n) is 3.77. The van der Waals surface area contributed by atoms with Gasteiger partial charge in [-0.25, -0.2) is 0 Å². The van der Waals surface area contributed by atoms with Crippen LogP contribution in [0.15, 0.2) is 0 Å². The monoisotopic (exact) mass is 207 g/mol. The van der Waals surface area contributed by atoms with Gasteiger partial charge in [0.1, 0.15) is 0 Å². The molecule has 15 heavy (non-hydrogen) atoms. The summed E-state index contributed by atoms with van der Waals surface area (Å²) in [7, 11) is 1.83. The van der Waals surface area contributed by atoms with Crippen LogP contribution in [0.3, 0.4) is 0 Å². The molecule has 1 saturated heterocycles. The molecule has 5 heteroatoms. The summed E-state index contributed by atoms with van der Waals surface area (Å²) in [6.07, 6.45) is 0. The maximum Gasteiger partial charge on any atom is 0.178 e. The van der Waals surface area contributed by atoms with Crippen molar-refractivity contribution in [3.05, 3.63) is 5.82 Å². The zero-order valence-corrected chi connectivity index (χ0v) is 9.46. The second-order valence-electron chi connectivity index (χ2n) is 5.04. The third-order valence-corrected chi connectivity index (χ3v) is 3.77. The van der Waals surface area contributed by atoms with E-state index in [2.05, 4.69) is 34.2 Å². The number of piperidine rings is 1. The van der Waals surface area contributed by atoms with Crippen molar-refractivity contribution in [2.24, 2.45) is 18.9 Å². The zero-order chi connectivity index (χ0) is 10.6. The van der Waals surface area contributed by atoms with Gasteiger partial charge in [0.05, 0.1) is 7.05 Å². The Morgan fingerprint density at radius 3 is 2.40 bits per heavy atom. The average molecular weight is 207 g/mol. The molecule has 2 fully saturated rings. The van der Waals surface area contributed by atoms with E-state index in [0.29, 0.717) is 12.0 Å². The van der Waals surface area contributed by atoms with E-state index in [-0.39, 0.29) is 0 Å². The smallest absolute Gasteiger partial charge is 0.178 e. The van der Waals surface area contributed by atoms with Crippen LogP contribution < -0.4 is 0 Å². The Hall–Kier alpha value is -0.970. The van der Waals surface area contributed by atoms with Gasteiger partial charge in [-0.15, -0.1) is 10.2 Å². The summed E-state index contributed by atoms with van der Waals surface area (Å²) in [6.45, 7) is 6.96. The Kier molecular flexibility index (Phi) is 1.86. The van der Waals surface area contributed by atoms with E-state index < -0.39 is 0 Å². The standard InChI is InChI=1S/C10H17N5/c1-6(2)15-4-7-8(5-15)9(7)10-11-13-14(3)12-10/h6-9H,4-5H2,1-3H3. The van der Waals surface area contributed by atoms with Crippen LogP contribution in [0, 0.1) is 11.8 Å². The predicted molar refractivity (Wildman–Crippen MR) is 55.2 cm³/mol. The SMILES string of the molecule is CC(C)N1CC2C(C1)C2c1nnn(C)n1. The molecule has 3 rings (SSSR count). The number of rotatable bonds is 2. The van der Waals surface area contributed by atoms with Crippen molar-refractivity contribution in [2.75, 3.05) is 13.1 Å². The summed E-state index contributed by atoms with van der Waals surface area (Å²) in [6, 6.07) is 0.674. The van der Waals surface area contributed by atoms with Crippen molar-refractivity contribution in [1.29, 1.82) is 0 Å². The number of aryl methyl sites for hydroxylation is 1. The Morgan fingerprint density at radius 1 is 1.27 bits per heavy atom. The summed E-state index contributed by atoms with van der Waals surface area (Å²) in [5, 5.41) is 12.3. The van der Waals surface area contributed by atoms with E-state index in [1.807, 2.05) is 7.05 Å². The van der Waals surface area contributed by atoms with Crippen LogP contribution in [0.1, 0.15) is 25.6 Å².